The van der Waals surface area contributed by atoms with E-state index in [0.29, 0.717) is 35.6 Å². The highest BCUT2D eigenvalue weighted by Gasteiger charge is 2.36. The van der Waals surface area contributed by atoms with Gasteiger partial charge in [-0.05, 0) is 31.7 Å². The number of furan rings is 1. The smallest absolute Gasteiger partial charge is 0.287 e. The lowest BCUT2D eigenvalue weighted by Crippen LogP contribution is -2.39. The molecular weight excluding hydrogens is 326 g/mol. The van der Waals surface area contributed by atoms with Gasteiger partial charge < -0.3 is 9.73 Å². The van der Waals surface area contributed by atoms with Gasteiger partial charge in [0, 0.05) is 30.4 Å². The zero-order valence-electron chi connectivity index (χ0n) is 15.3. The second-order valence-electron chi connectivity index (χ2n) is 7.67. The van der Waals surface area contributed by atoms with E-state index in [1.807, 2.05) is 13.0 Å². The van der Waals surface area contributed by atoms with Gasteiger partial charge in [0.15, 0.2) is 11.5 Å². The minimum absolute atomic E-state index is 0.00680. The molecule has 1 N–H and O–H groups in total. The number of fused-ring (bicyclic) bond motifs is 1. The number of amides is 1. The summed E-state index contributed by atoms with van der Waals surface area (Å²) >= 11 is 0. The van der Waals surface area contributed by atoms with Crippen molar-refractivity contribution in [3.63, 3.8) is 0 Å². The fourth-order valence-electron chi connectivity index (χ4n) is 4.61. The molecule has 4 nitrogen and oxygen atoms in total. The molecule has 1 amide bonds. The van der Waals surface area contributed by atoms with Crippen LogP contribution in [-0.2, 0) is 11.8 Å². The van der Waals surface area contributed by atoms with E-state index < -0.39 is 0 Å². The summed E-state index contributed by atoms with van der Waals surface area (Å²) in [6.07, 6.45) is 6.64. The Kier molecular flexibility index (Phi) is 4.43. The second kappa shape index (κ2) is 6.75. The molecule has 1 aromatic heterocycles. The number of Topliss-reactive ketones (excluding diaryl/α,β-unsaturated/α-hetero) is 1. The molecule has 136 valence electrons. The molecule has 0 unspecified atom stereocenters. The molecular formula is C22H25NO3. The number of nitrogens with one attached hydrogen (secondary N) is 1. The number of rotatable bonds is 4. The Morgan fingerprint density at radius 3 is 2.54 bits per heavy atom. The molecule has 0 radical (unpaired) electrons. The van der Waals surface area contributed by atoms with Gasteiger partial charge in [0.25, 0.3) is 5.91 Å². The molecule has 2 aliphatic carbocycles. The van der Waals surface area contributed by atoms with Crippen LogP contribution in [0.1, 0.15) is 76.3 Å². The monoisotopic (exact) mass is 351 g/mol. The average Bonchev–Trinajstić information content (AvgIpc) is 3.27. The number of aryl methyl sites for hydroxylation is 1. The van der Waals surface area contributed by atoms with Crippen LogP contribution in [0.25, 0.3) is 0 Å². The van der Waals surface area contributed by atoms with Gasteiger partial charge >= 0.3 is 0 Å². The summed E-state index contributed by atoms with van der Waals surface area (Å²) in [5.74, 6) is 0.893. The van der Waals surface area contributed by atoms with Gasteiger partial charge in [0.05, 0.1) is 5.56 Å². The molecule has 1 heterocycles. The van der Waals surface area contributed by atoms with E-state index >= 15 is 0 Å². The molecule has 2 aromatic rings. The summed E-state index contributed by atoms with van der Waals surface area (Å²) in [4.78, 5) is 25.0. The summed E-state index contributed by atoms with van der Waals surface area (Å²) in [5, 5.41) is 3.10. The van der Waals surface area contributed by atoms with Gasteiger partial charge in [0.2, 0.25) is 0 Å². The van der Waals surface area contributed by atoms with Crippen molar-refractivity contribution in [1.29, 1.82) is 0 Å². The fourth-order valence-corrected chi connectivity index (χ4v) is 4.61. The number of ketones is 1. The first-order valence-corrected chi connectivity index (χ1v) is 9.60. The zero-order chi connectivity index (χ0) is 18.1. The molecule has 4 rings (SSSR count). The predicted octanol–water partition coefficient (Wildman–Crippen LogP) is 4.35. The van der Waals surface area contributed by atoms with Gasteiger partial charge in [-0.2, -0.15) is 0 Å². The van der Waals surface area contributed by atoms with Crippen molar-refractivity contribution in [2.45, 2.75) is 57.3 Å². The normalized spacial score (nSPS) is 18.6. The average molecular weight is 351 g/mol. The van der Waals surface area contributed by atoms with Crippen molar-refractivity contribution in [3.8, 4) is 0 Å². The molecule has 1 aromatic carbocycles. The van der Waals surface area contributed by atoms with Crippen molar-refractivity contribution in [3.05, 3.63) is 58.5 Å². The largest absolute Gasteiger partial charge is 0.455 e. The maximum absolute atomic E-state index is 12.8. The SMILES string of the molecule is Cc1c(C(=O)NCC2(c3ccccc3)CCCC2)oc2c1C(=O)CCC2. The summed E-state index contributed by atoms with van der Waals surface area (Å²) in [7, 11) is 0. The van der Waals surface area contributed by atoms with Crippen molar-refractivity contribution < 1.29 is 14.0 Å². The lowest BCUT2D eigenvalue weighted by molar-refractivity contribution is 0.0909. The van der Waals surface area contributed by atoms with Crippen LogP contribution in [-0.4, -0.2) is 18.2 Å². The highest BCUT2D eigenvalue weighted by atomic mass is 16.4. The quantitative estimate of drug-likeness (QED) is 0.891. The van der Waals surface area contributed by atoms with E-state index in [9.17, 15) is 9.59 Å². The maximum atomic E-state index is 12.8. The van der Waals surface area contributed by atoms with E-state index in [-0.39, 0.29) is 17.1 Å². The van der Waals surface area contributed by atoms with Crippen LogP contribution in [0.4, 0.5) is 0 Å². The lowest BCUT2D eigenvalue weighted by Gasteiger charge is -2.30. The molecule has 0 saturated heterocycles. The van der Waals surface area contributed by atoms with E-state index in [1.165, 1.54) is 18.4 Å². The van der Waals surface area contributed by atoms with Crippen LogP contribution in [0.2, 0.25) is 0 Å². The Labute approximate surface area is 154 Å². The van der Waals surface area contributed by atoms with Crippen molar-refractivity contribution in [2.24, 2.45) is 0 Å². The van der Waals surface area contributed by atoms with Crippen LogP contribution < -0.4 is 5.32 Å². The van der Waals surface area contributed by atoms with E-state index in [2.05, 4.69) is 29.6 Å². The minimum Gasteiger partial charge on any atom is -0.455 e. The predicted molar refractivity (Wildman–Crippen MR) is 99.6 cm³/mol. The van der Waals surface area contributed by atoms with Crippen LogP contribution in [0, 0.1) is 6.92 Å². The lowest BCUT2D eigenvalue weighted by atomic mass is 9.79. The molecule has 2 aliphatic rings. The zero-order valence-corrected chi connectivity index (χ0v) is 15.3. The Morgan fingerprint density at radius 2 is 1.85 bits per heavy atom. The second-order valence-corrected chi connectivity index (χ2v) is 7.67. The standard InChI is InChI=1S/C22H25NO3/c1-15-19-17(24)10-7-11-18(19)26-20(15)21(25)23-14-22(12-5-6-13-22)16-8-3-2-4-9-16/h2-4,8-9H,5-7,10-14H2,1H3,(H,23,25). The van der Waals surface area contributed by atoms with E-state index in [4.69, 9.17) is 4.42 Å². The molecule has 4 heteroatoms. The molecule has 0 atom stereocenters. The molecule has 0 bridgehead atoms. The van der Waals surface area contributed by atoms with Crippen LogP contribution in [0.3, 0.4) is 0 Å². The van der Waals surface area contributed by atoms with Crippen molar-refractivity contribution in [2.75, 3.05) is 6.54 Å². The van der Waals surface area contributed by atoms with Gasteiger partial charge in [-0.3, -0.25) is 9.59 Å². The highest BCUT2D eigenvalue weighted by molar-refractivity contribution is 6.03. The van der Waals surface area contributed by atoms with E-state index in [0.717, 1.165) is 25.7 Å². The first-order chi connectivity index (χ1) is 12.6. The summed E-state index contributed by atoms with van der Waals surface area (Å²) < 4.78 is 5.79. The molecule has 26 heavy (non-hydrogen) atoms. The van der Waals surface area contributed by atoms with Crippen molar-refractivity contribution in [1.82, 2.24) is 5.32 Å². The number of benzene rings is 1. The molecule has 0 aliphatic heterocycles. The van der Waals surface area contributed by atoms with Gasteiger partial charge in [-0.25, -0.2) is 0 Å². The molecule has 1 fully saturated rings. The third-order valence-electron chi connectivity index (χ3n) is 6.05. The topological polar surface area (TPSA) is 59.3 Å². The maximum Gasteiger partial charge on any atom is 0.287 e. The number of hydrogen-bond acceptors (Lipinski definition) is 3. The van der Waals surface area contributed by atoms with Crippen LogP contribution >= 0.6 is 0 Å². The summed E-state index contributed by atoms with van der Waals surface area (Å²) in [6.45, 7) is 2.43. The third kappa shape index (κ3) is 2.87. The number of hydrogen-bond donors (Lipinski definition) is 1. The van der Waals surface area contributed by atoms with Gasteiger partial charge in [-0.1, -0.05) is 43.2 Å². The Hall–Kier alpha value is -2.36. The summed E-state index contributed by atoms with van der Waals surface area (Å²) in [6, 6.07) is 10.5. The molecule has 1 saturated carbocycles. The molecule has 0 spiro atoms. The van der Waals surface area contributed by atoms with E-state index in [1.54, 1.807) is 0 Å². The van der Waals surface area contributed by atoms with Crippen molar-refractivity contribution >= 4 is 11.7 Å². The summed E-state index contributed by atoms with van der Waals surface area (Å²) in [5.41, 5.74) is 2.64. The Morgan fingerprint density at radius 1 is 1.12 bits per heavy atom. The van der Waals surface area contributed by atoms with Gasteiger partial charge in [0.1, 0.15) is 5.76 Å². The fraction of sp³-hybridized carbons (Fsp3) is 0.455. The number of carbonyl (C=O) groups excluding carboxylic acids is 2. The van der Waals surface area contributed by atoms with Crippen LogP contribution in [0.5, 0.6) is 0 Å². The first kappa shape index (κ1) is 17.1. The minimum atomic E-state index is -0.202. The first-order valence-electron chi connectivity index (χ1n) is 9.60. The third-order valence-corrected chi connectivity index (χ3v) is 6.05. The van der Waals surface area contributed by atoms with Gasteiger partial charge in [-0.15, -0.1) is 0 Å². The Balaban J connectivity index is 1.54. The Bertz CT molecular complexity index is 829. The van der Waals surface area contributed by atoms with Crippen LogP contribution in [0.15, 0.2) is 34.7 Å². The highest BCUT2D eigenvalue weighted by Crippen LogP contribution is 2.40. The number of carbonyl (C=O) groups is 2.